The first-order valence-corrected chi connectivity index (χ1v) is 8.02. The number of aliphatic hydroxyl groups excluding tert-OH is 1. The van der Waals surface area contributed by atoms with Crippen LogP contribution in [0.1, 0.15) is 47.6 Å². The van der Waals surface area contributed by atoms with Gasteiger partial charge in [0.15, 0.2) is 0 Å². The fourth-order valence-corrected chi connectivity index (χ4v) is 3.24. The first-order chi connectivity index (χ1) is 11.0. The first-order valence-electron chi connectivity index (χ1n) is 8.02. The number of nitrogens with one attached hydrogen (secondary N) is 2. The van der Waals surface area contributed by atoms with E-state index in [2.05, 4.69) is 20.6 Å². The van der Waals surface area contributed by atoms with Gasteiger partial charge in [-0.15, -0.1) is 0 Å². The van der Waals surface area contributed by atoms with Crippen LogP contribution in [0.4, 0.5) is 0 Å². The van der Waals surface area contributed by atoms with Crippen LogP contribution < -0.4 is 5.32 Å². The van der Waals surface area contributed by atoms with Gasteiger partial charge in [-0.3, -0.25) is 14.6 Å². The molecule has 0 saturated heterocycles. The van der Waals surface area contributed by atoms with Gasteiger partial charge >= 0.3 is 0 Å². The Labute approximate surface area is 135 Å². The third-order valence-electron chi connectivity index (χ3n) is 4.63. The predicted octanol–water partition coefficient (Wildman–Crippen LogP) is 1.46. The number of hydrogen-bond donors (Lipinski definition) is 3. The van der Waals surface area contributed by atoms with Gasteiger partial charge in [0.2, 0.25) is 0 Å². The topological polar surface area (TPSA) is 95.8 Å². The molecule has 0 spiro atoms. The number of aromatic amines is 1. The maximum atomic E-state index is 12.4. The minimum absolute atomic E-state index is 0.176. The molecule has 1 amide bonds. The molecule has 2 unspecified atom stereocenters. The number of H-pyrrole nitrogens is 1. The van der Waals surface area contributed by atoms with Crippen molar-refractivity contribution in [2.75, 3.05) is 0 Å². The van der Waals surface area contributed by atoms with E-state index < -0.39 is 6.10 Å². The smallest absolute Gasteiger partial charge is 0.269 e. The summed E-state index contributed by atoms with van der Waals surface area (Å²) in [6, 6.07) is 1.56. The molecule has 1 saturated carbocycles. The molecule has 1 fully saturated rings. The van der Waals surface area contributed by atoms with E-state index in [9.17, 15) is 9.90 Å². The molecule has 2 heterocycles. The maximum absolute atomic E-state index is 12.4. The van der Waals surface area contributed by atoms with Crippen LogP contribution >= 0.6 is 0 Å². The Balaban J connectivity index is 1.77. The summed E-state index contributed by atoms with van der Waals surface area (Å²) in [5.74, 6) is -0.228. The quantitative estimate of drug-likeness (QED) is 0.798. The fourth-order valence-electron chi connectivity index (χ4n) is 3.24. The largest absolute Gasteiger partial charge is 0.391 e. The van der Waals surface area contributed by atoms with Crippen molar-refractivity contribution in [3.63, 3.8) is 0 Å². The van der Waals surface area contributed by atoms with Crippen molar-refractivity contribution in [3.8, 4) is 11.3 Å². The monoisotopic (exact) mass is 317 g/mol. The van der Waals surface area contributed by atoms with Gasteiger partial charge in [0.1, 0.15) is 5.69 Å². The fraction of sp³-hybridized carbons (Fsp3) is 0.562. The average molecular weight is 317 g/mol. The Hall–Kier alpha value is -2.15. The summed E-state index contributed by atoms with van der Waals surface area (Å²) in [5, 5.41) is 24.3. The molecule has 3 rings (SSSR count). The molecule has 2 atom stereocenters. The lowest BCUT2D eigenvalue weighted by molar-refractivity contribution is 0.0714. The number of aryl methyl sites for hydroxylation is 2. The van der Waals surface area contributed by atoms with Crippen LogP contribution in [0.2, 0.25) is 0 Å². The van der Waals surface area contributed by atoms with Crippen LogP contribution in [0.5, 0.6) is 0 Å². The second kappa shape index (κ2) is 6.16. The van der Waals surface area contributed by atoms with Crippen LogP contribution in [0, 0.1) is 13.8 Å². The zero-order valence-corrected chi connectivity index (χ0v) is 13.8. The molecule has 0 bridgehead atoms. The average Bonchev–Trinajstić information content (AvgIpc) is 3.07. The third kappa shape index (κ3) is 3.01. The Bertz CT molecular complexity index is 718. The van der Waals surface area contributed by atoms with Gasteiger partial charge < -0.3 is 10.4 Å². The molecule has 124 valence electrons. The van der Waals surface area contributed by atoms with Gasteiger partial charge in [0, 0.05) is 18.3 Å². The first kappa shape index (κ1) is 15.7. The minimum atomic E-state index is -0.460. The summed E-state index contributed by atoms with van der Waals surface area (Å²) in [4.78, 5) is 12.4. The van der Waals surface area contributed by atoms with Gasteiger partial charge in [-0.25, -0.2) is 0 Å². The minimum Gasteiger partial charge on any atom is -0.391 e. The number of rotatable bonds is 3. The van der Waals surface area contributed by atoms with Crippen LogP contribution in [-0.4, -0.2) is 43.1 Å². The Morgan fingerprint density at radius 1 is 1.39 bits per heavy atom. The highest BCUT2D eigenvalue weighted by molar-refractivity contribution is 5.93. The van der Waals surface area contributed by atoms with Gasteiger partial charge in [0.25, 0.3) is 5.91 Å². The SMILES string of the molecule is Cc1nn(C)c(C)c1-c1cc(C(=O)NC2CCCCC2O)[nH]n1. The van der Waals surface area contributed by atoms with E-state index >= 15 is 0 Å². The molecule has 7 nitrogen and oxygen atoms in total. The Morgan fingerprint density at radius 3 is 2.78 bits per heavy atom. The van der Waals surface area contributed by atoms with E-state index in [0.717, 1.165) is 42.6 Å². The van der Waals surface area contributed by atoms with E-state index in [1.54, 1.807) is 10.7 Å². The molecule has 2 aromatic heterocycles. The number of hydrogen-bond acceptors (Lipinski definition) is 4. The highest BCUT2D eigenvalue weighted by Crippen LogP contribution is 2.25. The summed E-state index contributed by atoms with van der Waals surface area (Å²) < 4.78 is 1.80. The molecule has 0 aromatic carbocycles. The summed E-state index contributed by atoms with van der Waals surface area (Å²) in [5.41, 5.74) is 3.94. The zero-order valence-electron chi connectivity index (χ0n) is 13.8. The van der Waals surface area contributed by atoms with E-state index in [1.807, 2.05) is 20.9 Å². The van der Waals surface area contributed by atoms with Crippen molar-refractivity contribution in [2.24, 2.45) is 7.05 Å². The summed E-state index contributed by atoms with van der Waals surface area (Å²) in [6.07, 6.45) is 3.14. The summed E-state index contributed by atoms with van der Waals surface area (Å²) in [7, 11) is 1.89. The number of carbonyl (C=O) groups excluding carboxylic acids is 1. The molecule has 0 radical (unpaired) electrons. The number of amides is 1. The van der Waals surface area contributed by atoms with Crippen LogP contribution in [0.3, 0.4) is 0 Å². The van der Waals surface area contributed by atoms with Gasteiger partial charge in [-0.2, -0.15) is 10.2 Å². The number of aromatic nitrogens is 4. The van der Waals surface area contributed by atoms with Gasteiger partial charge in [0.05, 0.1) is 23.5 Å². The molecule has 23 heavy (non-hydrogen) atoms. The van der Waals surface area contributed by atoms with Gasteiger partial charge in [-0.05, 0) is 32.8 Å². The normalized spacial score (nSPS) is 21.4. The van der Waals surface area contributed by atoms with Crippen molar-refractivity contribution >= 4 is 5.91 Å². The highest BCUT2D eigenvalue weighted by atomic mass is 16.3. The maximum Gasteiger partial charge on any atom is 0.269 e. The van der Waals surface area contributed by atoms with E-state index in [1.165, 1.54) is 0 Å². The summed E-state index contributed by atoms with van der Waals surface area (Å²) in [6.45, 7) is 3.90. The van der Waals surface area contributed by atoms with Crippen LogP contribution in [0.25, 0.3) is 11.3 Å². The summed E-state index contributed by atoms with van der Waals surface area (Å²) >= 11 is 0. The Kier molecular flexibility index (Phi) is 4.21. The Morgan fingerprint density at radius 2 is 2.13 bits per heavy atom. The number of nitrogens with zero attached hydrogens (tertiary/aromatic N) is 3. The van der Waals surface area contributed by atoms with Crippen molar-refractivity contribution < 1.29 is 9.90 Å². The van der Waals surface area contributed by atoms with E-state index in [0.29, 0.717) is 11.4 Å². The third-order valence-corrected chi connectivity index (χ3v) is 4.63. The molecule has 3 N–H and O–H groups in total. The lowest BCUT2D eigenvalue weighted by Gasteiger charge is -2.28. The number of carbonyl (C=O) groups is 1. The molecule has 1 aliphatic rings. The lowest BCUT2D eigenvalue weighted by atomic mass is 9.92. The number of aliphatic hydroxyl groups is 1. The van der Waals surface area contributed by atoms with Crippen molar-refractivity contribution in [1.82, 2.24) is 25.3 Å². The van der Waals surface area contributed by atoms with E-state index in [4.69, 9.17) is 0 Å². The van der Waals surface area contributed by atoms with E-state index in [-0.39, 0.29) is 11.9 Å². The van der Waals surface area contributed by atoms with Crippen molar-refractivity contribution in [1.29, 1.82) is 0 Å². The van der Waals surface area contributed by atoms with Crippen LogP contribution in [0.15, 0.2) is 6.07 Å². The highest BCUT2D eigenvalue weighted by Gasteiger charge is 2.26. The standard InChI is InChI=1S/C16H23N5O2/c1-9-15(10(2)21(3)20-9)12-8-13(19-18-12)16(23)17-11-6-4-5-7-14(11)22/h8,11,14,22H,4-7H2,1-3H3,(H,17,23)(H,18,19). The predicted molar refractivity (Wildman–Crippen MR) is 86.0 cm³/mol. The molecule has 0 aliphatic heterocycles. The molecule has 1 aliphatic carbocycles. The van der Waals surface area contributed by atoms with Crippen molar-refractivity contribution in [2.45, 2.75) is 51.7 Å². The zero-order chi connectivity index (χ0) is 16.6. The molecule has 7 heteroatoms. The molecule has 2 aromatic rings. The lowest BCUT2D eigenvalue weighted by Crippen LogP contribution is -2.45. The molecular weight excluding hydrogens is 294 g/mol. The molecular formula is C16H23N5O2. The van der Waals surface area contributed by atoms with Crippen molar-refractivity contribution in [3.05, 3.63) is 23.1 Å². The second-order valence-electron chi connectivity index (χ2n) is 6.27. The van der Waals surface area contributed by atoms with Crippen LogP contribution in [-0.2, 0) is 7.05 Å². The second-order valence-corrected chi connectivity index (χ2v) is 6.27. The van der Waals surface area contributed by atoms with Gasteiger partial charge in [-0.1, -0.05) is 12.8 Å².